The van der Waals surface area contributed by atoms with Crippen molar-refractivity contribution >= 4 is 40.6 Å². The number of hydrogen-bond acceptors (Lipinski definition) is 4. The van der Waals surface area contributed by atoms with Crippen LogP contribution in [0.15, 0.2) is 67.0 Å². The Balaban J connectivity index is 1.50. The highest BCUT2D eigenvalue weighted by Crippen LogP contribution is 2.28. The van der Waals surface area contributed by atoms with Crippen molar-refractivity contribution in [1.29, 1.82) is 0 Å². The van der Waals surface area contributed by atoms with Crippen LogP contribution in [0, 0.1) is 0 Å². The van der Waals surface area contributed by atoms with Crippen molar-refractivity contribution in [1.82, 2.24) is 10.3 Å². The van der Waals surface area contributed by atoms with E-state index in [-0.39, 0.29) is 5.91 Å². The molecule has 7 nitrogen and oxygen atoms in total. The monoisotopic (exact) mass is 449 g/mol. The van der Waals surface area contributed by atoms with Crippen LogP contribution in [0.5, 0.6) is 0 Å². The van der Waals surface area contributed by atoms with E-state index >= 15 is 0 Å². The number of benzene rings is 2. The molecule has 0 atom stereocenters. The smallest absolute Gasteiger partial charge is 0.323 e. The Morgan fingerprint density at radius 3 is 2.41 bits per heavy atom. The zero-order valence-corrected chi connectivity index (χ0v) is 18.2. The van der Waals surface area contributed by atoms with E-state index in [0.29, 0.717) is 28.5 Å². The van der Waals surface area contributed by atoms with Gasteiger partial charge in [-0.25, -0.2) is 4.79 Å². The summed E-state index contributed by atoms with van der Waals surface area (Å²) in [4.78, 5) is 31.8. The maximum atomic E-state index is 13.1. The molecular weight excluding hydrogens is 426 g/mol. The minimum atomic E-state index is -0.400. The molecule has 0 saturated carbocycles. The summed E-state index contributed by atoms with van der Waals surface area (Å²) in [5.41, 5.74) is 3.47. The van der Waals surface area contributed by atoms with Crippen LogP contribution in [0.3, 0.4) is 0 Å². The van der Waals surface area contributed by atoms with Gasteiger partial charge in [-0.2, -0.15) is 0 Å². The summed E-state index contributed by atoms with van der Waals surface area (Å²) >= 11 is 5.88. The summed E-state index contributed by atoms with van der Waals surface area (Å²) in [6, 6.07) is 15.6. The van der Waals surface area contributed by atoms with Crippen LogP contribution in [-0.2, 0) is 6.54 Å². The molecule has 164 valence electrons. The predicted molar refractivity (Wildman–Crippen MR) is 127 cm³/mol. The van der Waals surface area contributed by atoms with Crippen molar-refractivity contribution in [2.45, 2.75) is 19.4 Å². The molecule has 0 aliphatic carbocycles. The van der Waals surface area contributed by atoms with Gasteiger partial charge in [-0.15, -0.1) is 0 Å². The number of carbonyl (C=O) groups excluding carboxylic acids is 2. The summed E-state index contributed by atoms with van der Waals surface area (Å²) < 4.78 is 0. The molecule has 1 fully saturated rings. The lowest BCUT2D eigenvalue weighted by Crippen LogP contribution is -2.27. The number of aromatic nitrogens is 1. The number of nitrogens with zero attached hydrogens (tertiary/aromatic N) is 2. The summed E-state index contributed by atoms with van der Waals surface area (Å²) in [6.07, 6.45) is 5.61. The number of rotatable bonds is 6. The molecule has 1 saturated heterocycles. The highest BCUT2D eigenvalue weighted by molar-refractivity contribution is 6.30. The van der Waals surface area contributed by atoms with Gasteiger partial charge in [0.2, 0.25) is 0 Å². The van der Waals surface area contributed by atoms with E-state index in [9.17, 15) is 9.59 Å². The van der Waals surface area contributed by atoms with Crippen molar-refractivity contribution in [3.63, 3.8) is 0 Å². The van der Waals surface area contributed by atoms with Gasteiger partial charge in [-0.05, 0) is 66.9 Å². The second-order valence-corrected chi connectivity index (χ2v) is 7.99. The van der Waals surface area contributed by atoms with E-state index in [0.717, 1.165) is 37.2 Å². The fourth-order valence-corrected chi connectivity index (χ4v) is 3.76. The summed E-state index contributed by atoms with van der Waals surface area (Å²) in [5, 5.41) is 9.11. The highest BCUT2D eigenvalue weighted by atomic mass is 35.5. The van der Waals surface area contributed by atoms with Gasteiger partial charge >= 0.3 is 6.03 Å². The van der Waals surface area contributed by atoms with Gasteiger partial charge in [0.1, 0.15) is 0 Å². The Kier molecular flexibility index (Phi) is 6.87. The predicted octanol–water partition coefficient (Wildman–Crippen LogP) is 4.91. The van der Waals surface area contributed by atoms with Crippen molar-refractivity contribution in [3.05, 3.63) is 83.1 Å². The largest absolute Gasteiger partial charge is 0.371 e. The van der Waals surface area contributed by atoms with Crippen LogP contribution in [0.4, 0.5) is 21.9 Å². The van der Waals surface area contributed by atoms with Gasteiger partial charge < -0.3 is 20.9 Å². The van der Waals surface area contributed by atoms with Crippen LogP contribution < -0.4 is 20.9 Å². The Morgan fingerprint density at radius 1 is 0.969 bits per heavy atom. The molecule has 32 heavy (non-hydrogen) atoms. The minimum Gasteiger partial charge on any atom is -0.371 e. The Labute approximate surface area is 191 Å². The molecular formula is C24H24ClN5O2. The summed E-state index contributed by atoms with van der Waals surface area (Å²) in [5.74, 6) is -0.197. The molecule has 8 heteroatoms. The third kappa shape index (κ3) is 5.56. The number of halogens is 1. The molecule has 1 aliphatic heterocycles. The molecule has 0 bridgehead atoms. The second kappa shape index (κ2) is 10.2. The maximum absolute atomic E-state index is 13.1. The normalized spacial score (nSPS) is 13.0. The molecule has 0 unspecified atom stereocenters. The van der Waals surface area contributed by atoms with Crippen molar-refractivity contribution in [2.75, 3.05) is 28.6 Å². The SMILES string of the molecule is O=C(Nc1ccc(Cl)cc1)Nc1ccc(N2CCCC2)c(C(=O)NCc2cccnc2)c1. The third-order valence-electron chi connectivity index (χ3n) is 5.22. The van der Waals surface area contributed by atoms with Gasteiger partial charge in [-0.1, -0.05) is 17.7 Å². The highest BCUT2D eigenvalue weighted by Gasteiger charge is 2.20. The van der Waals surface area contributed by atoms with E-state index in [1.165, 1.54) is 0 Å². The van der Waals surface area contributed by atoms with Crippen LogP contribution in [0.25, 0.3) is 0 Å². The maximum Gasteiger partial charge on any atom is 0.323 e. The quantitative estimate of drug-likeness (QED) is 0.499. The number of anilines is 3. The molecule has 3 N–H and O–H groups in total. The van der Waals surface area contributed by atoms with Crippen LogP contribution in [-0.4, -0.2) is 30.0 Å². The van der Waals surface area contributed by atoms with E-state index in [1.807, 2.05) is 24.3 Å². The lowest BCUT2D eigenvalue weighted by atomic mass is 10.1. The standard InChI is InChI=1S/C24H24ClN5O2/c25-18-5-7-19(8-6-18)28-24(32)29-20-9-10-22(30-12-1-2-13-30)21(14-20)23(31)27-16-17-4-3-11-26-15-17/h3-11,14-15H,1-2,12-13,16H2,(H,27,31)(H2,28,29,32). The zero-order valence-electron chi connectivity index (χ0n) is 17.5. The third-order valence-corrected chi connectivity index (χ3v) is 5.48. The lowest BCUT2D eigenvalue weighted by molar-refractivity contribution is 0.0951. The summed E-state index contributed by atoms with van der Waals surface area (Å²) in [6.45, 7) is 2.19. The number of amides is 3. The molecule has 2 heterocycles. The Hall–Kier alpha value is -3.58. The van der Waals surface area contributed by atoms with E-state index in [2.05, 4.69) is 25.8 Å². The molecule has 1 aromatic heterocycles. The fourth-order valence-electron chi connectivity index (χ4n) is 3.64. The average Bonchev–Trinajstić information content (AvgIpc) is 3.34. The number of carbonyl (C=O) groups is 2. The second-order valence-electron chi connectivity index (χ2n) is 7.56. The topological polar surface area (TPSA) is 86.4 Å². The van der Waals surface area contributed by atoms with Crippen LogP contribution in [0.2, 0.25) is 5.02 Å². The van der Waals surface area contributed by atoms with Crippen molar-refractivity contribution < 1.29 is 9.59 Å². The average molecular weight is 450 g/mol. The van der Waals surface area contributed by atoms with E-state index < -0.39 is 6.03 Å². The number of pyridine rings is 1. The molecule has 4 rings (SSSR count). The van der Waals surface area contributed by atoms with Gasteiger partial charge in [0.15, 0.2) is 0 Å². The van der Waals surface area contributed by atoms with Crippen molar-refractivity contribution in [3.8, 4) is 0 Å². The summed E-state index contributed by atoms with van der Waals surface area (Å²) in [7, 11) is 0. The minimum absolute atomic E-state index is 0.197. The van der Waals surface area contributed by atoms with E-state index in [4.69, 9.17) is 11.6 Å². The molecule has 3 amide bonds. The van der Waals surface area contributed by atoms with Gasteiger partial charge in [-0.3, -0.25) is 9.78 Å². The molecule has 3 aromatic rings. The van der Waals surface area contributed by atoms with Crippen LogP contribution >= 0.6 is 11.6 Å². The first-order valence-corrected chi connectivity index (χ1v) is 10.9. The van der Waals surface area contributed by atoms with Crippen LogP contribution in [0.1, 0.15) is 28.8 Å². The first kappa shape index (κ1) is 21.6. The van der Waals surface area contributed by atoms with E-state index in [1.54, 1.807) is 42.7 Å². The number of hydrogen-bond donors (Lipinski definition) is 3. The van der Waals surface area contributed by atoms with Gasteiger partial charge in [0.05, 0.1) is 5.56 Å². The lowest BCUT2D eigenvalue weighted by Gasteiger charge is -2.22. The first-order valence-electron chi connectivity index (χ1n) is 10.5. The fraction of sp³-hybridized carbons (Fsp3) is 0.208. The Bertz CT molecular complexity index is 1080. The van der Waals surface area contributed by atoms with Gasteiger partial charge in [0, 0.05) is 54.1 Å². The molecule has 0 radical (unpaired) electrons. The molecule has 2 aromatic carbocycles. The number of urea groups is 1. The van der Waals surface area contributed by atoms with Gasteiger partial charge in [0.25, 0.3) is 5.91 Å². The molecule has 1 aliphatic rings. The Morgan fingerprint density at radius 2 is 1.69 bits per heavy atom. The first-order chi connectivity index (χ1) is 15.6. The van der Waals surface area contributed by atoms with Crippen molar-refractivity contribution in [2.24, 2.45) is 0 Å². The number of nitrogens with one attached hydrogen (secondary N) is 3. The molecule has 0 spiro atoms. The zero-order chi connectivity index (χ0) is 22.3.